The van der Waals surface area contributed by atoms with Crippen molar-refractivity contribution in [2.45, 2.75) is 37.0 Å². The number of amides is 1. The van der Waals surface area contributed by atoms with E-state index < -0.39 is 10.0 Å². The Morgan fingerprint density at radius 2 is 1.53 bits per heavy atom. The summed E-state index contributed by atoms with van der Waals surface area (Å²) in [5.41, 5.74) is 0.787. The summed E-state index contributed by atoms with van der Waals surface area (Å²) >= 11 is 0. The van der Waals surface area contributed by atoms with Crippen molar-refractivity contribution in [3.05, 3.63) is 90.5 Å². The number of carbonyl (C=O) groups excluding carboxylic acids is 1. The Kier molecular flexibility index (Phi) is 8.97. The zero-order chi connectivity index (χ0) is 25.2. The summed E-state index contributed by atoms with van der Waals surface area (Å²) in [5, 5.41) is 6.32. The lowest BCUT2D eigenvalue weighted by Gasteiger charge is -2.24. The van der Waals surface area contributed by atoms with Gasteiger partial charge in [0.25, 0.3) is 15.9 Å². The lowest BCUT2D eigenvalue weighted by atomic mass is 9.92. The Bertz CT molecular complexity index is 1200. The molecule has 3 aromatic carbocycles. The van der Waals surface area contributed by atoms with E-state index in [-0.39, 0.29) is 10.8 Å². The third-order valence-corrected chi connectivity index (χ3v) is 7.90. The summed E-state index contributed by atoms with van der Waals surface area (Å²) in [6, 6.07) is 23.3. The van der Waals surface area contributed by atoms with Gasteiger partial charge in [-0.2, -0.15) is 8.42 Å². The third kappa shape index (κ3) is 6.86. The van der Waals surface area contributed by atoms with Gasteiger partial charge < -0.3 is 15.5 Å². The predicted molar refractivity (Wildman–Crippen MR) is 141 cm³/mol. The van der Waals surface area contributed by atoms with Gasteiger partial charge in [-0.25, -0.2) is 0 Å². The first kappa shape index (κ1) is 25.7. The van der Waals surface area contributed by atoms with Crippen LogP contribution in [0.25, 0.3) is 0 Å². The van der Waals surface area contributed by atoms with Crippen molar-refractivity contribution in [3.63, 3.8) is 0 Å². The van der Waals surface area contributed by atoms with Gasteiger partial charge in [0.1, 0.15) is 0 Å². The van der Waals surface area contributed by atoms with E-state index in [1.807, 2.05) is 6.07 Å². The lowest BCUT2D eigenvalue weighted by molar-refractivity contribution is 0.0952. The molecule has 0 spiro atoms. The Labute approximate surface area is 213 Å². The molecule has 1 fully saturated rings. The van der Waals surface area contributed by atoms with E-state index in [1.54, 1.807) is 54.6 Å². The number of nitrogens with one attached hydrogen (secondary N) is 2. The quantitative estimate of drug-likeness (QED) is 0.288. The molecular weight excluding hydrogens is 474 g/mol. The number of rotatable bonds is 11. The molecule has 1 aliphatic heterocycles. The van der Waals surface area contributed by atoms with Crippen LogP contribution in [0.3, 0.4) is 0 Å². The highest BCUT2D eigenvalue weighted by Gasteiger charge is 2.27. The van der Waals surface area contributed by atoms with E-state index in [0.717, 1.165) is 36.3 Å². The molecule has 0 atom stereocenters. The summed E-state index contributed by atoms with van der Waals surface area (Å²) in [7, 11) is -4.05. The Morgan fingerprint density at radius 1 is 0.889 bits per heavy atom. The molecule has 0 saturated carbocycles. The van der Waals surface area contributed by atoms with Crippen LogP contribution in [0.1, 0.15) is 42.5 Å². The van der Waals surface area contributed by atoms with E-state index in [9.17, 15) is 13.2 Å². The van der Waals surface area contributed by atoms with Crippen molar-refractivity contribution in [2.75, 3.05) is 24.1 Å². The van der Waals surface area contributed by atoms with Gasteiger partial charge in [0.15, 0.2) is 5.75 Å². The minimum absolute atomic E-state index is 0.0285. The number of hydrogen-bond donors (Lipinski definition) is 2. The molecule has 36 heavy (non-hydrogen) atoms. The maximum Gasteiger partial charge on any atom is 0.295 e. The van der Waals surface area contributed by atoms with Gasteiger partial charge in [-0.1, -0.05) is 53.7 Å². The molecule has 0 unspecified atom stereocenters. The molecule has 1 saturated heterocycles. The predicted octanol–water partition coefficient (Wildman–Crippen LogP) is 4.78. The summed E-state index contributed by atoms with van der Waals surface area (Å²) in [6.07, 6.45) is 5.70. The minimum atomic E-state index is -4.05. The molecule has 0 radical (unpaired) electrons. The van der Waals surface area contributed by atoms with E-state index >= 15 is 0 Å². The number of benzene rings is 3. The topological polar surface area (TPSA) is 87.7 Å². The molecule has 1 amide bonds. The smallest absolute Gasteiger partial charge is 0.295 e. The average Bonchev–Trinajstić information content (AvgIpc) is 2.93. The molecule has 190 valence electrons. The highest BCUT2D eigenvalue weighted by molar-refractivity contribution is 7.92. The summed E-state index contributed by atoms with van der Waals surface area (Å²) in [5.74, 6) is 0.972. The second-order valence-corrected chi connectivity index (χ2v) is 10.7. The van der Waals surface area contributed by atoms with Gasteiger partial charge in [0, 0.05) is 12.1 Å². The Hall–Kier alpha value is -3.36. The molecule has 7 nitrogen and oxygen atoms in total. The molecule has 4 rings (SSSR count). The van der Waals surface area contributed by atoms with Crippen LogP contribution < -0.4 is 19.9 Å². The third-order valence-electron chi connectivity index (χ3n) is 6.31. The minimum Gasteiger partial charge on any atom is -0.364 e. The van der Waals surface area contributed by atoms with E-state index in [1.165, 1.54) is 43.5 Å². The van der Waals surface area contributed by atoms with Crippen molar-refractivity contribution in [1.29, 1.82) is 0 Å². The molecule has 0 aromatic heterocycles. The van der Waals surface area contributed by atoms with Crippen LogP contribution >= 0.6 is 0 Å². The lowest BCUT2D eigenvalue weighted by Crippen LogP contribution is -2.34. The molecule has 3 aromatic rings. The second-order valence-electron chi connectivity index (χ2n) is 8.94. The van der Waals surface area contributed by atoms with Crippen molar-refractivity contribution in [3.8, 4) is 5.75 Å². The second kappa shape index (κ2) is 12.6. The van der Waals surface area contributed by atoms with Crippen molar-refractivity contribution in [2.24, 2.45) is 5.92 Å². The Balaban J connectivity index is 1.38. The summed E-state index contributed by atoms with van der Waals surface area (Å²) in [6.45, 7) is 2.82. The number of hydrogen-bond acceptors (Lipinski definition) is 5. The number of para-hydroxylation sites is 2. The fourth-order valence-electron chi connectivity index (χ4n) is 4.27. The molecule has 0 bridgehead atoms. The van der Waals surface area contributed by atoms with Gasteiger partial charge in [0.2, 0.25) is 0 Å². The first-order valence-corrected chi connectivity index (χ1v) is 13.9. The number of carbonyl (C=O) groups is 1. The normalized spacial score (nSPS) is 14.2. The maximum atomic E-state index is 13.5. The van der Waals surface area contributed by atoms with Crippen molar-refractivity contribution < 1.29 is 18.0 Å². The van der Waals surface area contributed by atoms with Crippen LogP contribution in [0, 0.1) is 5.92 Å². The first-order valence-electron chi connectivity index (χ1n) is 12.5. The molecule has 8 heteroatoms. The number of sulfonamides is 1. The van der Waals surface area contributed by atoms with Gasteiger partial charge in [-0.15, -0.1) is 0 Å². The largest absolute Gasteiger partial charge is 0.364 e. The molecule has 0 aliphatic carbocycles. The average molecular weight is 508 g/mol. The highest BCUT2D eigenvalue weighted by Crippen LogP contribution is 2.26. The van der Waals surface area contributed by atoms with Crippen LogP contribution in [0.5, 0.6) is 5.75 Å². The zero-order valence-corrected chi connectivity index (χ0v) is 21.1. The van der Waals surface area contributed by atoms with Crippen LogP contribution in [0.4, 0.5) is 5.69 Å². The molecule has 2 N–H and O–H groups in total. The SMILES string of the molecule is O=C(NCCCCC1CCNCC1)c1ccc(S(=O)(=O)N(Oc2ccccc2)c2ccccc2)cc1. The summed E-state index contributed by atoms with van der Waals surface area (Å²) in [4.78, 5) is 18.4. The van der Waals surface area contributed by atoms with Crippen LogP contribution in [0.15, 0.2) is 89.8 Å². The van der Waals surface area contributed by atoms with Crippen molar-refractivity contribution >= 4 is 21.6 Å². The first-order chi connectivity index (χ1) is 17.5. The molecular formula is C28H33N3O4S. The van der Waals surface area contributed by atoms with Gasteiger partial charge in [0.05, 0.1) is 10.6 Å². The number of anilines is 1. The van der Waals surface area contributed by atoms with E-state index in [2.05, 4.69) is 10.6 Å². The molecule has 1 heterocycles. The Morgan fingerprint density at radius 3 is 2.19 bits per heavy atom. The monoisotopic (exact) mass is 507 g/mol. The summed E-state index contributed by atoms with van der Waals surface area (Å²) < 4.78 is 27.9. The number of piperidine rings is 1. The highest BCUT2D eigenvalue weighted by atomic mass is 32.2. The van der Waals surface area contributed by atoms with Gasteiger partial charge in [-0.3, -0.25) is 4.79 Å². The van der Waals surface area contributed by atoms with Crippen LogP contribution in [-0.4, -0.2) is 34.0 Å². The standard InChI is InChI=1S/C28H33N3O4S/c32-28(30-20-8-7-9-23-18-21-29-22-19-23)24-14-16-27(17-15-24)36(33,34)31(25-10-3-1-4-11-25)35-26-12-5-2-6-13-26/h1-6,10-17,23,29H,7-9,18-22H2,(H,30,32). The van der Waals surface area contributed by atoms with E-state index in [4.69, 9.17) is 4.84 Å². The fraction of sp³-hybridized carbons (Fsp3) is 0.321. The van der Waals surface area contributed by atoms with E-state index in [0.29, 0.717) is 23.5 Å². The zero-order valence-electron chi connectivity index (χ0n) is 20.3. The molecule has 1 aliphatic rings. The van der Waals surface area contributed by atoms with Crippen LogP contribution in [-0.2, 0) is 10.0 Å². The number of nitrogens with zero attached hydrogens (tertiary/aromatic N) is 1. The van der Waals surface area contributed by atoms with Crippen molar-refractivity contribution in [1.82, 2.24) is 10.6 Å². The van der Waals surface area contributed by atoms with Crippen LogP contribution in [0.2, 0.25) is 0 Å². The van der Waals surface area contributed by atoms with Gasteiger partial charge in [-0.05, 0) is 86.8 Å². The maximum absolute atomic E-state index is 13.5. The number of unbranched alkanes of at least 4 members (excludes halogenated alkanes) is 1. The van der Waals surface area contributed by atoms with Gasteiger partial charge >= 0.3 is 0 Å². The fourth-order valence-corrected chi connectivity index (χ4v) is 5.53.